The van der Waals surface area contributed by atoms with Crippen molar-refractivity contribution in [1.82, 2.24) is 14.6 Å². The Balaban J connectivity index is 1.15. The Kier molecular flexibility index (Phi) is 18.6. The van der Waals surface area contributed by atoms with Crippen molar-refractivity contribution in [2.24, 2.45) is 0 Å². The van der Waals surface area contributed by atoms with E-state index in [9.17, 15) is 24.9 Å². The molecule has 54 heavy (non-hydrogen) atoms. The van der Waals surface area contributed by atoms with Gasteiger partial charge in [-0.1, -0.05) is 121 Å². The summed E-state index contributed by atoms with van der Waals surface area (Å²) in [6.45, 7) is 1.90. The average Bonchev–Trinajstić information content (AvgIpc) is 3.72. The van der Waals surface area contributed by atoms with Gasteiger partial charge in [-0.3, -0.25) is 9.05 Å². The second-order valence-electron chi connectivity index (χ2n) is 14.1. The van der Waals surface area contributed by atoms with Crippen molar-refractivity contribution >= 4 is 19.2 Å². The molecule has 1 aliphatic rings. The molecule has 1 saturated heterocycles. The van der Waals surface area contributed by atoms with Crippen LogP contribution < -0.4 is 10.5 Å². The number of hydrogen-bond acceptors (Lipinski definition) is 12. The van der Waals surface area contributed by atoms with Gasteiger partial charge in [0, 0.05) is 6.61 Å². The van der Waals surface area contributed by atoms with E-state index in [4.69, 9.17) is 29.0 Å². The third kappa shape index (κ3) is 13.3. The molecule has 0 amide bonds. The molecule has 4 rings (SSSR count). The highest BCUT2D eigenvalue weighted by molar-refractivity contribution is 7.47. The Morgan fingerprint density at radius 1 is 0.907 bits per heavy atom. The molecule has 1 fully saturated rings. The molecule has 1 aliphatic heterocycles. The quantitative estimate of drug-likeness (QED) is 0.0434. The first kappa shape index (κ1) is 43.6. The van der Waals surface area contributed by atoms with E-state index in [0.717, 1.165) is 19.3 Å². The van der Waals surface area contributed by atoms with E-state index in [1.807, 2.05) is 24.3 Å². The molecule has 0 spiro atoms. The lowest BCUT2D eigenvalue weighted by atomic mass is 9.92. The number of nitrogen functional groups attached to an aromatic ring is 1. The molecule has 14 nitrogen and oxygen atoms in total. The maximum atomic E-state index is 12.9. The number of nitriles is 1. The van der Waals surface area contributed by atoms with Crippen LogP contribution in [0.15, 0.2) is 48.8 Å². The lowest BCUT2D eigenvalue weighted by molar-refractivity contribution is -0.0651. The zero-order valence-electron chi connectivity index (χ0n) is 31.7. The first-order valence-corrected chi connectivity index (χ1v) is 21.2. The molecular formula is C39H60N5O9P. The summed E-state index contributed by atoms with van der Waals surface area (Å²) in [5, 5.41) is 35.9. The minimum atomic E-state index is -4.72. The Hall–Kier alpha value is -3.12. The fourth-order valence-corrected chi connectivity index (χ4v) is 7.47. The van der Waals surface area contributed by atoms with Gasteiger partial charge >= 0.3 is 7.82 Å². The maximum absolute atomic E-state index is 12.9. The molecule has 3 aromatic rings. The summed E-state index contributed by atoms with van der Waals surface area (Å²) in [4.78, 5) is 14.4. The smallest absolute Gasteiger partial charge is 0.472 e. The standard InChI is InChI=1S/C39H60N5O9P/c1-2-3-4-5-6-7-8-9-10-11-12-13-14-15-16-20-25-49-26-32(52-31-21-18-17-19-22-31)27-50-54(47,48)51-28-34-36(45)37(46)39(29-40,53-34)35-24-23-33-38(41)42-30-43-44(33)35/h17-19,21-24,30,32,34,36-37,45-46H,2-16,20,25-28H2,1H3,(H,47,48)(H2,41,42,43)/t32-,34+,36+,37+,39-/m0/s1. The third-order valence-electron chi connectivity index (χ3n) is 9.80. The number of aliphatic hydroxyl groups excluding tert-OH is 2. The van der Waals surface area contributed by atoms with Gasteiger partial charge < -0.3 is 35.1 Å². The number of phosphoric acid groups is 1. The molecule has 0 radical (unpaired) electrons. The van der Waals surface area contributed by atoms with Crippen molar-refractivity contribution in [2.45, 2.75) is 140 Å². The van der Waals surface area contributed by atoms with Gasteiger partial charge in [-0.2, -0.15) is 10.4 Å². The van der Waals surface area contributed by atoms with Crippen LogP contribution in [0.1, 0.15) is 115 Å². The lowest BCUT2D eigenvalue weighted by Crippen LogP contribution is -2.41. The molecule has 1 unspecified atom stereocenters. The van der Waals surface area contributed by atoms with Crippen LogP contribution in [0.4, 0.5) is 5.82 Å². The number of fused-ring (bicyclic) bond motifs is 1. The first-order chi connectivity index (χ1) is 26.2. The molecule has 0 saturated carbocycles. The van der Waals surface area contributed by atoms with E-state index >= 15 is 0 Å². The van der Waals surface area contributed by atoms with Crippen LogP contribution in [0.2, 0.25) is 0 Å². The van der Waals surface area contributed by atoms with Crippen molar-refractivity contribution in [3.8, 4) is 11.8 Å². The summed E-state index contributed by atoms with van der Waals surface area (Å²) in [6.07, 6.45) is 16.3. The van der Waals surface area contributed by atoms with Gasteiger partial charge in [0.2, 0.25) is 5.60 Å². The zero-order valence-corrected chi connectivity index (χ0v) is 32.6. The van der Waals surface area contributed by atoms with Crippen LogP contribution in [0.3, 0.4) is 0 Å². The van der Waals surface area contributed by atoms with Gasteiger partial charge in [0.15, 0.2) is 5.82 Å². The fourth-order valence-electron chi connectivity index (χ4n) is 6.71. The Bertz CT molecular complexity index is 1590. The number of aliphatic hydroxyl groups is 2. The van der Waals surface area contributed by atoms with Gasteiger partial charge in [0.1, 0.15) is 48.1 Å². The third-order valence-corrected chi connectivity index (χ3v) is 10.8. The average molecular weight is 774 g/mol. The summed E-state index contributed by atoms with van der Waals surface area (Å²) in [7, 11) is -4.72. The summed E-state index contributed by atoms with van der Waals surface area (Å²) in [5.74, 6) is 0.677. The number of phosphoric ester groups is 1. The molecule has 0 aliphatic carbocycles. The van der Waals surface area contributed by atoms with Crippen LogP contribution in [-0.2, 0) is 28.7 Å². The molecule has 0 bridgehead atoms. The largest absolute Gasteiger partial charge is 0.486 e. The minimum Gasteiger partial charge on any atom is -0.486 e. The van der Waals surface area contributed by atoms with Crippen molar-refractivity contribution < 1.29 is 42.9 Å². The molecule has 6 atom stereocenters. The molecule has 300 valence electrons. The van der Waals surface area contributed by atoms with E-state index in [1.54, 1.807) is 18.2 Å². The van der Waals surface area contributed by atoms with Crippen molar-refractivity contribution in [2.75, 3.05) is 32.2 Å². The normalized spacial score (nSPS) is 21.6. The van der Waals surface area contributed by atoms with Crippen LogP contribution >= 0.6 is 7.82 Å². The number of benzene rings is 1. The number of rotatable bonds is 28. The lowest BCUT2D eigenvalue weighted by Gasteiger charge is -2.24. The van der Waals surface area contributed by atoms with E-state index in [1.165, 1.54) is 100 Å². The molecular weight excluding hydrogens is 713 g/mol. The minimum absolute atomic E-state index is 0.0899. The number of nitrogens with two attached hydrogens (primary N) is 1. The van der Waals surface area contributed by atoms with Crippen molar-refractivity contribution in [1.29, 1.82) is 5.26 Å². The number of aromatic nitrogens is 3. The number of para-hydroxylation sites is 1. The number of nitrogens with zero attached hydrogens (tertiary/aromatic N) is 4. The second kappa shape index (κ2) is 23.1. The topological polar surface area (TPSA) is 204 Å². The van der Waals surface area contributed by atoms with Crippen LogP contribution in [0.25, 0.3) is 5.52 Å². The molecule has 3 heterocycles. The number of hydrogen-bond donors (Lipinski definition) is 4. The summed E-state index contributed by atoms with van der Waals surface area (Å²) >= 11 is 0. The highest BCUT2D eigenvalue weighted by Gasteiger charge is 2.58. The highest BCUT2D eigenvalue weighted by atomic mass is 31.2. The molecule has 2 aromatic heterocycles. The summed E-state index contributed by atoms with van der Waals surface area (Å²) in [6, 6.07) is 13.9. The van der Waals surface area contributed by atoms with E-state index in [0.29, 0.717) is 17.9 Å². The van der Waals surface area contributed by atoms with Gasteiger partial charge in [0.25, 0.3) is 0 Å². The number of anilines is 1. The monoisotopic (exact) mass is 773 g/mol. The SMILES string of the molecule is CCCCCCCCCCCCCCCCCCOC[C@@H](COP(=O)(O)OC[C@H]1O[C@@](C#N)(c2ccc3c(N)ncnn23)[C@H](O)[C@@H]1O)Oc1ccccc1. The molecule has 1 aromatic carbocycles. The van der Waals surface area contributed by atoms with Gasteiger partial charge in [0.05, 0.1) is 25.5 Å². The van der Waals surface area contributed by atoms with E-state index < -0.39 is 44.4 Å². The van der Waals surface area contributed by atoms with Crippen molar-refractivity contribution in [3.05, 3.63) is 54.5 Å². The zero-order chi connectivity index (χ0) is 38.7. The highest BCUT2D eigenvalue weighted by Crippen LogP contribution is 2.46. The van der Waals surface area contributed by atoms with Gasteiger partial charge in [-0.15, -0.1) is 0 Å². The fraction of sp³-hybridized carbons (Fsp3) is 0.667. The van der Waals surface area contributed by atoms with Crippen LogP contribution in [-0.4, -0.2) is 80.5 Å². The second-order valence-corrected chi connectivity index (χ2v) is 15.5. The first-order valence-electron chi connectivity index (χ1n) is 19.7. The van der Waals surface area contributed by atoms with E-state index in [2.05, 4.69) is 17.0 Å². The molecule has 15 heteroatoms. The number of unbranched alkanes of at least 4 members (excludes halogenated alkanes) is 15. The van der Waals surface area contributed by atoms with E-state index in [-0.39, 0.29) is 24.7 Å². The Morgan fingerprint density at radius 2 is 1.52 bits per heavy atom. The van der Waals surface area contributed by atoms with Gasteiger partial charge in [-0.25, -0.2) is 14.1 Å². The molecule has 5 N–H and O–H groups in total. The predicted molar refractivity (Wildman–Crippen MR) is 205 cm³/mol. The van der Waals surface area contributed by atoms with Crippen molar-refractivity contribution in [3.63, 3.8) is 0 Å². The Morgan fingerprint density at radius 3 is 2.13 bits per heavy atom. The van der Waals surface area contributed by atoms with Gasteiger partial charge in [-0.05, 0) is 30.7 Å². The summed E-state index contributed by atoms with van der Waals surface area (Å²) in [5.41, 5.74) is 4.27. The predicted octanol–water partition coefficient (Wildman–Crippen LogP) is 7.01. The summed E-state index contributed by atoms with van der Waals surface area (Å²) < 4.78 is 42.4. The number of ether oxygens (including phenoxy) is 3. The van der Waals surface area contributed by atoms with Crippen LogP contribution in [0.5, 0.6) is 5.75 Å². The Labute approximate surface area is 319 Å². The maximum Gasteiger partial charge on any atom is 0.472 e. The van der Waals surface area contributed by atoms with Crippen LogP contribution in [0, 0.1) is 11.3 Å².